The van der Waals surface area contributed by atoms with Crippen LogP contribution in [0.3, 0.4) is 0 Å². The summed E-state index contributed by atoms with van der Waals surface area (Å²) in [7, 11) is 0. The molecule has 0 aromatic rings. The molecular weight excluding hydrogens is 112 g/mol. The van der Waals surface area contributed by atoms with E-state index >= 15 is 0 Å². The Morgan fingerprint density at radius 1 is 1.33 bits per heavy atom. The Labute approximate surface area is 57.4 Å². The third kappa shape index (κ3) is 4.07. The van der Waals surface area contributed by atoms with E-state index in [0.717, 1.165) is 18.4 Å². The van der Waals surface area contributed by atoms with Crippen LogP contribution < -0.4 is 0 Å². The van der Waals surface area contributed by atoms with Gasteiger partial charge in [-0.2, -0.15) is 0 Å². The van der Waals surface area contributed by atoms with Crippen LogP contribution in [0.1, 0.15) is 40.0 Å². The highest BCUT2D eigenvalue weighted by Gasteiger charge is 1.93. The fraction of sp³-hybridized carbons (Fsp3) is 0.750. The Hall–Kier alpha value is -0.460. The fourth-order valence-corrected chi connectivity index (χ4v) is 0.618. The lowest BCUT2D eigenvalue weighted by Crippen LogP contribution is -1.81. The molecule has 0 rings (SSSR count). The van der Waals surface area contributed by atoms with E-state index in [0.29, 0.717) is 0 Å². The Morgan fingerprint density at radius 3 is 2.22 bits per heavy atom. The van der Waals surface area contributed by atoms with Gasteiger partial charge in [-0.1, -0.05) is 13.3 Å². The molecule has 0 aliphatic carbocycles. The highest BCUT2D eigenvalue weighted by molar-refractivity contribution is 5.00. The zero-order valence-electron chi connectivity index (χ0n) is 6.53. The van der Waals surface area contributed by atoms with Crippen molar-refractivity contribution < 1.29 is 5.11 Å². The van der Waals surface area contributed by atoms with E-state index in [2.05, 4.69) is 6.92 Å². The van der Waals surface area contributed by atoms with Gasteiger partial charge < -0.3 is 0 Å². The predicted octanol–water partition coefficient (Wildman–Crippen LogP) is 2.90. The van der Waals surface area contributed by atoms with Gasteiger partial charge in [-0.15, -0.1) is 0 Å². The maximum Gasteiger partial charge on any atom is 0.151 e. The van der Waals surface area contributed by atoms with Crippen LogP contribution in [-0.2, 0) is 5.11 Å². The molecule has 53 valence electrons. The number of allylic oxidation sites excluding steroid dienone is 2. The molecule has 0 aliphatic heterocycles. The van der Waals surface area contributed by atoms with Gasteiger partial charge in [-0.05, 0) is 32.3 Å². The first-order valence-corrected chi connectivity index (χ1v) is 3.51. The molecule has 0 spiro atoms. The van der Waals surface area contributed by atoms with E-state index in [1.165, 1.54) is 6.42 Å². The minimum atomic E-state index is 0.239. The molecule has 0 N–H and O–H groups in total. The average Bonchev–Trinajstić information content (AvgIpc) is 1.82. The van der Waals surface area contributed by atoms with Crippen LogP contribution in [-0.4, -0.2) is 0 Å². The van der Waals surface area contributed by atoms with Crippen LogP contribution in [0.25, 0.3) is 0 Å². The highest BCUT2D eigenvalue weighted by Crippen LogP contribution is 2.09. The zero-order valence-corrected chi connectivity index (χ0v) is 6.53. The molecular formula is C8H15O. The topological polar surface area (TPSA) is 19.9 Å². The van der Waals surface area contributed by atoms with Crippen LogP contribution in [0.5, 0.6) is 0 Å². The van der Waals surface area contributed by atoms with Gasteiger partial charge in [0.1, 0.15) is 0 Å². The Bertz CT molecular complexity index is 99.1. The molecule has 0 heterocycles. The number of hydrogen-bond donors (Lipinski definition) is 0. The van der Waals surface area contributed by atoms with Gasteiger partial charge in [0.15, 0.2) is 5.76 Å². The van der Waals surface area contributed by atoms with Crippen molar-refractivity contribution in [2.45, 2.75) is 40.0 Å². The van der Waals surface area contributed by atoms with E-state index in [1.54, 1.807) is 6.92 Å². The van der Waals surface area contributed by atoms with Crippen LogP contribution in [0.4, 0.5) is 0 Å². The monoisotopic (exact) mass is 127 g/mol. The van der Waals surface area contributed by atoms with Gasteiger partial charge >= 0.3 is 0 Å². The Morgan fingerprint density at radius 2 is 1.89 bits per heavy atom. The van der Waals surface area contributed by atoms with E-state index in [9.17, 15) is 5.11 Å². The van der Waals surface area contributed by atoms with E-state index in [-0.39, 0.29) is 5.76 Å². The molecule has 0 fully saturated rings. The van der Waals surface area contributed by atoms with Gasteiger partial charge in [-0.3, -0.25) is 5.11 Å². The maximum absolute atomic E-state index is 10.6. The second-order valence-electron chi connectivity index (χ2n) is 2.44. The smallest absolute Gasteiger partial charge is 0.151 e. The van der Waals surface area contributed by atoms with Crippen molar-refractivity contribution in [3.8, 4) is 0 Å². The van der Waals surface area contributed by atoms with Crippen LogP contribution in [0.15, 0.2) is 11.3 Å². The first-order chi connectivity index (χ1) is 4.18. The van der Waals surface area contributed by atoms with E-state index in [4.69, 9.17) is 0 Å². The molecule has 0 atom stereocenters. The number of unbranched alkanes of at least 4 members (excludes halogenated alkanes) is 1. The quantitative estimate of drug-likeness (QED) is 0.519. The zero-order chi connectivity index (χ0) is 7.28. The summed E-state index contributed by atoms with van der Waals surface area (Å²) in [6, 6.07) is 0. The summed E-state index contributed by atoms with van der Waals surface area (Å²) < 4.78 is 0. The molecule has 1 heteroatoms. The summed E-state index contributed by atoms with van der Waals surface area (Å²) in [6.45, 7) is 5.68. The molecule has 0 amide bonds. The molecule has 1 radical (unpaired) electrons. The SMILES string of the molecule is CCCCC(C)=C(C)[O]. The minimum absolute atomic E-state index is 0.239. The van der Waals surface area contributed by atoms with Crippen molar-refractivity contribution in [2.24, 2.45) is 0 Å². The van der Waals surface area contributed by atoms with Crippen LogP contribution in [0, 0.1) is 0 Å². The molecule has 0 saturated heterocycles. The molecule has 9 heavy (non-hydrogen) atoms. The summed E-state index contributed by atoms with van der Waals surface area (Å²) in [5, 5.41) is 10.6. The van der Waals surface area contributed by atoms with Gasteiger partial charge in [0.25, 0.3) is 0 Å². The molecule has 0 bridgehead atoms. The van der Waals surface area contributed by atoms with Crippen LogP contribution in [0.2, 0.25) is 0 Å². The standard InChI is InChI=1S/C8H15O/c1-4-5-6-7(2)8(3)9/h4-6H2,1-3H3. The molecule has 1 nitrogen and oxygen atoms in total. The molecule has 0 aromatic carbocycles. The van der Waals surface area contributed by atoms with Crippen molar-refractivity contribution in [1.29, 1.82) is 0 Å². The fourth-order valence-electron chi connectivity index (χ4n) is 0.618. The van der Waals surface area contributed by atoms with Gasteiger partial charge in [0.05, 0.1) is 0 Å². The first kappa shape index (κ1) is 8.54. The molecule has 0 aliphatic rings. The largest absolute Gasteiger partial charge is 0.295 e. The Kier molecular flexibility index (Phi) is 4.20. The summed E-state index contributed by atoms with van der Waals surface area (Å²) in [4.78, 5) is 0. The third-order valence-electron chi connectivity index (χ3n) is 1.51. The van der Waals surface area contributed by atoms with Crippen molar-refractivity contribution in [1.82, 2.24) is 0 Å². The van der Waals surface area contributed by atoms with Crippen molar-refractivity contribution in [2.75, 3.05) is 0 Å². The van der Waals surface area contributed by atoms with Gasteiger partial charge in [0, 0.05) is 0 Å². The number of rotatable bonds is 3. The number of hydrogen-bond acceptors (Lipinski definition) is 0. The second-order valence-corrected chi connectivity index (χ2v) is 2.44. The van der Waals surface area contributed by atoms with Crippen molar-refractivity contribution in [3.05, 3.63) is 11.3 Å². The predicted molar refractivity (Wildman–Crippen MR) is 38.6 cm³/mol. The van der Waals surface area contributed by atoms with Gasteiger partial charge in [0.2, 0.25) is 0 Å². The summed E-state index contributed by atoms with van der Waals surface area (Å²) >= 11 is 0. The third-order valence-corrected chi connectivity index (χ3v) is 1.51. The van der Waals surface area contributed by atoms with E-state index in [1.807, 2.05) is 6.92 Å². The summed E-state index contributed by atoms with van der Waals surface area (Å²) in [5.74, 6) is 0.239. The van der Waals surface area contributed by atoms with E-state index < -0.39 is 0 Å². The summed E-state index contributed by atoms with van der Waals surface area (Å²) in [6.07, 6.45) is 3.29. The van der Waals surface area contributed by atoms with Crippen LogP contribution >= 0.6 is 0 Å². The van der Waals surface area contributed by atoms with Crippen molar-refractivity contribution in [3.63, 3.8) is 0 Å². The lowest BCUT2D eigenvalue weighted by Gasteiger charge is -1.96. The molecule has 0 aromatic heterocycles. The lowest BCUT2D eigenvalue weighted by molar-refractivity contribution is 0.293. The molecule has 0 saturated carbocycles. The second kappa shape index (κ2) is 4.42. The highest BCUT2D eigenvalue weighted by atomic mass is 16.3. The Balaban J connectivity index is 3.50. The first-order valence-electron chi connectivity index (χ1n) is 3.51. The maximum atomic E-state index is 10.6. The molecule has 0 unspecified atom stereocenters. The average molecular weight is 127 g/mol. The van der Waals surface area contributed by atoms with Crippen molar-refractivity contribution >= 4 is 0 Å². The normalized spacial score (nSPS) is 13.2. The lowest BCUT2D eigenvalue weighted by atomic mass is 10.1. The minimum Gasteiger partial charge on any atom is -0.295 e. The summed E-state index contributed by atoms with van der Waals surface area (Å²) in [5.41, 5.74) is 1.01. The van der Waals surface area contributed by atoms with Gasteiger partial charge in [-0.25, -0.2) is 0 Å².